The number of carboxylic acids is 1. The van der Waals surface area contributed by atoms with E-state index in [0.29, 0.717) is 0 Å². The third-order valence-electron chi connectivity index (χ3n) is 0.379. The quantitative estimate of drug-likeness (QED) is 0.424. The van der Waals surface area contributed by atoms with Crippen LogP contribution >= 0.6 is 0 Å². The van der Waals surface area contributed by atoms with Gasteiger partial charge in [-0.2, -0.15) is 0 Å². The summed E-state index contributed by atoms with van der Waals surface area (Å²) in [6, 6.07) is 0. The van der Waals surface area contributed by atoms with Gasteiger partial charge in [-0.3, -0.25) is 0 Å². The SMILES string of the molecule is C#CCC.C=CC(=O)O. The monoisotopic (exact) mass is 126 g/mol. The number of rotatable bonds is 1. The van der Waals surface area contributed by atoms with Gasteiger partial charge in [0.15, 0.2) is 0 Å². The van der Waals surface area contributed by atoms with E-state index in [4.69, 9.17) is 11.5 Å². The Bertz CT molecular complexity index is 119. The maximum atomic E-state index is 9.25. The molecule has 0 saturated carbocycles. The normalized spacial score (nSPS) is 5.78. The predicted molar refractivity (Wildman–Crippen MR) is 37.0 cm³/mol. The lowest BCUT2D eigenvalue weighted by Gasteiger charge is -1.64. The van der Waals surface area contributed by atoms with Crippen molar-refractivity contribution >= 4 is 5.97 Å². The maximum Gasteiger partial charge on any atom is 0.327 e. The third-order valence-corrected chi connectivity index (χ3v) is 0.379. The molecule has 0 aliphatic carbocycles. The number of hydrogen-bond donors (Lipinski definition) is 1. The zero-order valence-corrected chi connectivity index (χ0v) is 5.42. The average molecular weight is 126 g/mol. The van der Waals surface area contributed by atoms with Gasteiger partial charge in [0.05, 0.1) is 0 Å². The first-order valence-electron chi connectivity index (χ1n) is 2.47. The van der Waals surface area contributed by atoms with Crippen LogP contribution in [0.15, 0.2) is 12.7 Å². The van der Waals surface area contributed by atoms with Crippen molar-refractivity contribution in [2.75, 3.05) is 0 Å². The van der Waals surface area contributed by atoms with Crippen LogP contribution in [0.3, 0.4) is 0 Å². The van der Waals surface area contributed by atoms with Gasteiger partial charge in [-0.05, 0) is 0 Å². The van der Waals surface area contributed by atoms with Gasteiger partial charge in [0.2, 0.25) is 0 Å². The zero-order valence-electron chi connectivity index (χ0n) is 5.42. The zero-order chi connectivity index (χ0) is 7.70. The van der Waals surface area contributed by atoms with E-state index in [2.05, 4.69) is 12.5 Å². The van der Waals surface area contributed by atoms with Gasteiger partial charge in [0.25, 0.3) is 0 Å². The lowest BCUT2D eigenvalue weighted by Crippen LogP contribution is -1.82. The Morgan fingerprint density at radius 2 is 2.22 bits per heavy atom. The van der Waals surface area contributed by atoms with Gasteiger partial charge in [0.1, 0.15) is 0 Å². The molecule has 9 heavy (non-hydrogen) atoms. The molecular weight excluding hydrogens is 116 g/mol. The summed E-state index contributed by atoms with van der Waals surface area (Å²) in [4.78, 5) is 9.25. The highest BCUT2D eigenvalue weighted by atomic mass is 16.4. The van der Waals surface area contributed by atoms with E-state index in [9.17, 15) is 4.79 Å². The van der Waals surface area contributed by atoms with Crippen LogP contribution < -0.4 is 0 Å². The maximum absolute atomic E-state index is 9.25. The van der Waals surface area contributed by atoms with Crippen molar-refractivity contribution in [2.24, 2.45) is 0 Å². The number of aliphatic carboxylic acids is 1. The lowest BCUT2D eigenvalue weighted by molar-refractivity contribution is -0.131. The summed E-state index contributed by atoms with van der Waals surface area (Å²) < 4.78 is 0. The first-order valence-corrected chi connectivity index (χ1v) is 2.47. The van der Waals surface area contributed by atoms with Crippen LogP contribution in [0, 0.1) is 12.3 Å². The molecule has 0 aromatic heterocycles. The molecule has 0 aliphatic rings. The summed E-state index contributed by atoms with van der Waals surface area (Å²) in [6.45, 7) is 4.91. The molecule has 0 rings (SSSR count). The minimum Gasteiger partial charge on any atom is -0.478 e. The molecule has 0 heterocycles. The second-order valence-corrected chi connectivity index (χ2v) is 1.10. The largest absolute Gasteiger partial charge is 0.478 e. The lowest BCUT2D eigenvalue weighted by atomic mass is 10.5. The van der Waals surface area contributed by atoms with Crippen molar-refractivity contribution < 1.29 is 9.90 Å². The van der Waals surface area contributed by atoms with Crippen LogP contribution in [-0.4, -0.2) is 11.1 Å². The molecule has 0 aromatic carbocycles. The molecule has 2 heteroatoms. The third kappa shape index (κ3) is 49.2. The number of hydrogen-bond acceptors (Lipinski definition) is 1. The summed E-state index contributed by atoms with van der Waals surface area (Å²) in [7, 11) is 0. The summed E-state index contributed by atoms with van der Waals surface area (Å²) in [5.74, 6) is 1.45. The summed E-state index contributed by atoms with van der Waals surface area (Å²) >= 11 is 0. The molecule has 2 nitrogen and oxygen atoms in total. The molecular formula is C7H10O2. The second kappa shape index (κ2) is 9.91. The second-order valence-electron chi connectivity index (χ2n) is 1.10. The van der Waals surface area contributed by atoms with E-state index in [0.717, 1.165) is 12.5 Å². The van der Waals surface area contributed by atoms with Gasteiger partial charge in [-0.25, -0.2) is 4.79 Å². The Labute approximate surface area is 55.2 Å². The fraction of sp³-hybridized carbons (Fsp3) is 0.286. The Kier molecular flexibility index (Phi) is 11.8. The molecule has 0 saturated heterocycles. The summed E-state index contributed by atoms with van der Waals surface area (Å²) in [6.07, 6.45) is 6.46. The molecule has 0 amide bonds. The van der Waals surface area contributed by atoms with Crippen LogP contribution in [0.5, 0.6) is 0 Å². The highest BCUT2D eigenvalue weighted by molar-refractivity contribution is 5.78. The fourth-order valence-corrected chi connectivity index (χ4v) is 0. The molecule has 0 unspecified atom stereocenters. The molecule has 0 aromatic rings. The van der Waals surface area contributed by atoms with E-state index < -0.39 is 5.97 Å². The number of carboxylic acid groups (broad SMARTS) is 1. The first kappa shape index (κ1) is 10.7. The molecule has 0 atom stereocenters. The summed E-state index contributed by atoms with van der Waals surface area (Å²) in [5.41, 5.74) is 0. The molecule has 0 fully saturated rings. The van der Waals surface area contributed by atoms with E-state index in [-0.39, 0.29) is 0 Å². The van der Waals surface area contributed by atoms with Crippen LogP contribution in [0.2, 0.25) is 0 Å². The van der Waals surface area contributed by atoms with Crippen LogP contribution in [0.4, 0.5) is 0 Å². The minimum absolute atomic E-state index is 0.833. The fourth-order valence-electron chi connectivity index (χ4n) is 0. The predicted octanol–water partition coefficient (Wildman–Crippen LogP) is 1.29. The first-order chi connectivity index (χ1) is 4.18. The van der Waals surface area contributed by atoms with Gasteiger partial charge in [-0.15, -0.1) is 12.3 Å². The molecule has 0 aliphatic heterocycles. The van der Waals surface area contributed by atoms with Crippen molar-refractivity contribution in [2.45, 2.75) is 13.3 Å². The van der Waals surface area contributed by atoms with Gasteiger partial charge >= 0.3 is 5.97 Å². The average Bonchev–Trinajstić information content (AvgIpc) is 1.89. The van der Waals surface area contributed by atoms with Crippen molar-refractivity contribution in [1.82, 2.24) is 0 Å². The standard InChI is InChI=1S/C4H6.C3H4O2/c1-3-4-2;1-2-3(4)5/h1H,4H2,2H3;2H,1H2,(H,4,5). The Balaban J connectivity index is 0. The van der Waals surface area contributed by atoms with E-state index >= 15 is 0 Å². The van der Waals surface area contributed by atoms with E-state index in [1.165, 1.54) is 0 Å². The van der Waals surface area contributed by atoms with Gasteiger partial charge in [0, 0.05) is 12.5 Å². The molecule has 50 valence electrons. The van der Waals surface area contributed by atoms with Crippen molar-refractivity contribution in [3.8, 4) is 12.3 Å². The van der Waals surface area contributed by atoms with Crippen molar-refractivity contribution in [3.63, 3.8) is 0 Å². The van der Waals surface area contributed by atoms with Crippen molar-refractivity contribution in [1.29, 1.82) is 0 Å². The van der Waals surface area contributed by atoms with Crippen LogP contribution in [0.25, 0.3) is 0 Å². The molecule has 1 N–H and O–H groups in total. The Morgan fingerprint density at radius 1 is 2.00 bits per heavy atom. The summed E-state index contributed by atoms with van der Waals surface area (Å²) in [5, 5.41) is 7.60. The molecule has 0 spiro atoms. The van der Waals surface area contributed by atoms with Crippen LogP contribution in [-0.2, 0) is 4.79 Å². The highest BCUT2D eigenvalue weighted by Crippen LogP contribution is 1.58. The highest BCUT2D eigenvalue weighted by Gasteiger charge is 1.73. The van der Waals surface area contributed by atoms with Crippen molar-refractivity contribution in [3.05, 3.63) is 12.7 Å². The van der Waals surface area contributed by atoms with E-state index in [1.807, 2.05) is 6.92 Å². The van der Waals surface area contributed by atoms with Gasteiger partial charge < -0.3 is 5.11 Å². The Morgan fingerprint density at radius 3 is 2.22 bits per heavy atom. The topological polar surface area (TPSA) is 37.3 Å². The number of terminal acetylenes is 1. The Hall–Kier alpha value is -1.23. The number of carbonyl (C=O) groups is 1. The van der Waals surface area contributed by atoms with Crippen LogP contribution in [0.1, 0.15) is 13.3 Å². The smallest absolute Gasteiger partial charge is 0.327 e. The minimum atomic E-state index is -0.981. The molecule has 0 radical (unpaired) electrons. The van der Waals surface area contributed by atoms with E-state index in [1.54, 1.807) is 0 Å². The molecule has 0 bridgehead atoms. The van der Waals surface area contributed by atoms with Gasteiger partial charge in [-0.1, -0.05) is 13.5 Å².